The van der Waals surface area contributed by atoms with E-state index in [9.17, 15) is 14.7 Å². The van der Waals surface area contributed by atoms with Crippen LogP contribution in [-0.4, -0.2) is 55.7 Å². The molecule has 0 spiro atoms. The van der Waals surface area contributed by atoms with Crippen molar-refractivity contribution in [2.24, 2.45) is 0 Å². The van der Waals surface area contributed by atoms with Crippen molar-refractivity contribution < 1.29 is 28.9 Å². The van der Waals surface area contributed by atoms with Crippen LogP contribution in [0.5, 0.6) is 11.5 Å². The highest BCUT2D eigenvalue weighted by Gasteiger charge is 2.45. The number of ketones is 1. The van der Waals surface area contributed by atoms with Crippen molar-refractivity contribution in [1.29, 1.82) is 0 Å². The summed E-state index contributed by atoms with van der Waals surface area (Å²) in [7, 11) is 3.01. The molecule has 1 fully saturated rings. The molecule has 3 rings (SSSR count). The van der Waals surface area contributed by atoms with Crippen molar-refractivity contribution in [2.75, 3.05) is 34.0 Å². The highest BCUT2D eigenvalue weighted by molar-refractivity contribution is 6.46. The van der Waals surface area contributed by atoms with Crippen molar-refractivity contribution >= 4 is 29.1 Å². The van der Waals surface area contributed by atoms with E-state index >= 15 is 0 Å². The van der Waals surface area contributed by atoms with Gasteiger partial charge < -0.3 is 24.2 Å². The molecule has 0 aromatic heterocycles. The number of aliphatic hydroxyl groups excluding tert-OH is 1. The number of likely N-dealkylation sites (tertiary alicyclic amines) is 1. The lowest BCUT2D eigenvalue weighted by molar-refractivity contribution is -0.140. The van der Waals surface area contributed by atoms with E-state index < -0.39 is 17.7 Å². The van der Waals surface area contributed by atoms with Gasteiger partial charge in [-0.2, -0.15) is 0 Å². The summed E-state index contributed by atoms with van der Waals surface area (Å²) in [6, 6.07) is 11.1. The van der Waals surface area contributed by atoms with Crippen LogP contribution in [0.3, 0.4) is 0 Å². The van der Waals surface area contributed by atoms with E-state index in [2.05, 4.69) is 6.92 Å². The monoisotopic (exact) mass is 473 g/mol. The second kappa shape index (κ2) is 11.2. The smallest absolute Gasteiger partial charge is 0.295 e. The SMILES string of the molecule is CCCCOc1ccc(C2/C(=C(/O)c3ccc(OC)c(Cl)c3)C(=O)C(=O)N2CCOC)cc1. The van der Waals surface area contributed by atoms with E-state index in [4.69, 9.17) is 25.8 Å². The molecule has 1 amide bonds. The van der Waals surface area contributed by atoms with Gasteiger partial charge in [-0.3, -0.25) is 9.59 Å². The first-order valence-electron chi connectivity index (χ1n) is 10.8. The average Bonchev–Trinajstić information content (AvgIpc) is 3.07. The average molecular weight is 474 g/mol. The van der Waals surface area contributed by atoms with Gasteiger partial charge in [0.2, 0.25) is 0 Å². The number of hydrogen-bond acceptors (Lipinski definition) is 6. The fourth-order valence-corrected chi connectivity index (χ4v) is 3.95. The van der Waals surface area contributed by atoms with Crippen molar-refractivity contribution in [3.8, 4) is 11.5 Å². The predicted molar refractivity (Wildman–Crippen MR) is 126 cm³/mol. The molecule has 1 heterocycles. The Morgan fingerprint density at radius 3 is 2.42 bits per heavy atom. The van der Waals surface area contributed by atoms with Gasteiger partial charge in [-0.25, -0.2) is 0 Å². The molecule has 176 valence electrons. The molecule has 1 atom stereocenters. The number of aliphatic hydroxyl groups is 1. The van der Waals surface area contributed by atoms with Crippen LogP contribution in [-0.2, 0) is 14.3 Å². The largest absolute Gasteiger partial charge is 0.507 e. The van der Waals surface area contributed by atoms with E-state index in [1.807, 2.05) is 0 Å². The molecule has 1 unspecified atom stereocenters. The minimum atomic E-state index is -0.772. The van der Waals surface area contributed by atoms with Crippen LogP contribution in [0.1, 0.15) is 36.9 Å². The number of rotatable bonds is 10. The van der Waals surface area contributed by atoms with Crippen LogP contribution < -0.4 is 9.47 Å². The molecule has 2 aromatic carbocycles. The van der Waals surface area contributed by atoms with Crippen LogP contribution in [0.4, 0.5) is 0 Å². The Balaban J connectivity index is 2.04. The summed E-state index contributed by atoms with van der Waals surface area (Å²) in [5.74, 6) is -0.622. The number of carbonyl (C=O) groups is 2. The number of unbranched alkanes of at least 4 members (excludes halogenated alkanes) is 1. The van der Waals surface area contributed by atoms with Crippen LogP contribution >= 0.6 is 11.6 Å². The first-order valence-corrected chi connectivity index (χ1v) is 11.1. The predicted octanol–water partition coefficient (Wildman–Crippen LogP) is 4.60. The lowest BCUT2D eigenvalue weighted by atomic mass is 9.95. The Morgan fingerprint density at radius 1 is 1.09 bits per heavy atom. The molecule has 33 heavy (non-hydrogen) atoms. The Hall–Kier alpha value is -3.03. The summed E-state index contributed by atoms with van der Waals surface area (Å²) >= 11 is 6.21. The maximum absolute atomic E-state index is 13.0. The van der Waals surface area contributed by atoms with Gasteiger partial charge in [0.15, 0.2) is 0 Å². The van der Waals surface area contributed by atoms with Gasteiger partial charge in [-0.1, -0.05) is 37.1 Å². The molecule has 1 aliphatic rings. The van der Waals surface area contributed by atoms with Crippen molar-refractivity contribution in [2.45, 2.75) is 25.8 Å². The second-order valence-corrected chi connectivity index (χ2v) is 8.01. The number of ether oxygens (including phenoxy) is 3. The van der Waals surface area contributed by atoms with Gasteiger partial charge in [0, 0.05) is 19.2 Å². The third-order valence-corrected chi connectivity index (χ3v) is 5.76. The summed E-state index contributed by atoms with van der Waals surface area (Å²) in [6.07, 6.45) is 1.98. The zero-order valence-corrected chi connectivity index (χ0v) is 19.7. The second-order valence-electron chi connectivity index (χ2n) is 7.61. The quantitative estimate of drug-likeness (QED) is 0.235. The van der Waals surface area contributed by atoms with E-state index in [1.54, 1.807) is 36.4 Å². The maximum atomic E-state index is 13.0. The van der Waals surface area contributed by atoms with Gasteiger partial charge in [0.05, 0.1) is 37.0 Å². The number of benzene rings is 2. The molecule has 1 N–H and O–H groups in total. The number of nitrogens with zero attached hydrogens (tertiary/aromatic N) is 1. The van der Waals surface area contributed by atoms with E-state index in [0.29, 0.717) is 29.2 Å². The number of halogens is 1. The minimum absolute atomic E-state index is 0.00279. The third-order valence-electron chi connectivity index (χ3n) is 5.46. The highest BCUT2D eigenvalue weighted by Crippen LogP contribution is 2.40. The number of Topliss-reactive ketones (excluding diaryl/α,β-unsaturated/α-hetero) is 1. The van der Waals surface area contributed by atoms with Gasteiger partial charge >= 0.3 is 0 Å². The number of amides is 1. The molecular formula is C25H28ClNO6. The van der Waals surface area contributed by atoms with Crippen molar-refractivity contribution in [3.63, 3.8) is 0 Å². The summed E-state index contributed by atoms with van der Waals surface area (Å²) in [5, 5.41) is 11.4. The van der Waals surface area contributed by atoms with Gasteiger partial charge in [0.25, 0.3) is 11.7 Å². The van der Waals surface area contributed by atoms with Crippen molar-refractivity contribution in [3.05, 3.63) is 64.2 Å². The molecule has 1 saturated heterocycles. The molecule has 0 saturated carbocycles. The lowest BCUT2D eigenvalue weighted by Gasteiger charge is -2.25. The summed E-state index contributed by atoms with van der Waals surface area (Å²) in [4.78, 5) is 27.3. The number of hydrogen-bond donors (Lipinski definition) is 1. The normalized spacial score (nSPS) is 17.5. The summed E-state index contributed by atoms with van der Waals surface area (Å²) in [6.45, 7) is 3.14. The Bertz CT molecular complexity index is 1030. The zero-order valence-electron chi connectivity index (χ0n) is 19.0. The Kier molecular flexibility index (Phi) is 8.36. The zero-order chi connectivity index (χ0) is 24.0. The van der Waals surface area contributed by atoms with Gasteiger partial charge in [0.1, 0.15) is 17.3 Å². The molecule has 0 radical (unpaired) electrons. The van der Waals surface area contributed by atoms with Gasteiger partial charge in [-0.15, -0.1) is 0 Å². The fourth-order valence-electron chi connectivity index (χ4n) is 3.70. The van der Waals surface area contributed by atoms with Crippen LogP contribution in [0.25, 0.3) is 5.76 Å². The molecule has 2 aromatic rings. The fraction of sp³-hybridized carbons (Fsp3) is 0.360. The standard InChI is InChI=1S/C25H28ClNO6/c1-4-5-13-33-18-9-6-16(7-10-18)22-21(24(29)25(30)27(22)12-14-31-2)23(28)17-8-11-20(32-3)19(26)15-17/h6-11,15,22,28H,4-5,12-14H2,1-3H3/b23-21-. The lowest BCUT2D eigenvalue weighted by Crippen LogP contribution is -2.32. The van der Waals surface area contributed by atoms with E-state index in [1.165, 1.54) is 25.2 Å². The first kappa shape index (κ1) is 24.6. The molecule has 7 nitrogen and oxygen atoms in total. The molecule has 1 aliphatic heterocycles. The summed E-state index contributed by atoms with van der Waals surface area (Å²) < 4.78 is 16.0. The highest BCUT2D eigenvalue weighted by atomic mass is 35.5. The summed E-state index contributed by atoms with van der Waals surface area (Å²) in [5.41, 5.74) is 0.987. The number of carbonyl (C=O) groups excluding carboxylic acids is 2. The maximum Gasteiger partial charge on any atom is 0.295 e. The minimum Gasteiger partial charge on any atom is -0.507 e. The number of methoxy groups -OCH3 is 2. The molecule has 8 heteroatoms. The van der Waals surface area contributed by atoms with Crippen LogP contribution in [0.15, 0.2) is 48.0 Å². The Morgan fingerprint density at radius 2 is 1.82 bits per heavy atom. The van der Waals surface area contributed by atoms with Crippen LogP contribution in [0, 0.1) is 0 Å². The van der Waals surface area contributed by atoms with Gasteiger partial charge in [-0.05, 0) is 42.3 Å². The molecule has 0 aliphatic carbocycles. The molecular weight excluding hydrogens is 446 g/mol. The Labute approximate surface area is 198 Å². The molecule has 0 bridgehead atoms. The van der Waals surface area contributed by atoms with E-state index in [-0.39, 0.29) is 29.5 Å². The first-order chi connectivity index (χ1) is 15.9. The van der Waals surface area contributed by atoms with E-state index in [0.717, 1.165) is 12.8 Å². The topological polar surface area (TPSA) is 85.3 Å². The van der Waals surface area contributed by atoms with Crippen LogP contribution in [0.2, 0.25) is 5.02 Å². The van der Waals surface area contributed by atoms with Crippen molar-refractivity contribution in [1.82, 2.24) is 4.90 Å². The third kappa shape index (κ3) is 5.31.